The first-order chi connectivity index (χ1) is 12.9. The molecular formula is C23H30N2O2. The maximum absolute atomic E-state index is 13.0. The summed E-state index contributed by atoms with van der Waals surface area (Å²) >= 11 is 0. The predicted molar refractivity (Wildman–Crippen MR) is 109 cm³/mol. The zero-order valence-corrected chi connectivity index (χ0v) is 16.7. The van der Waals surface area contributed by atoms with Crippen LogP contribution in [0.3, 0.4) is 0 Å². The first-order valence-corrected chi connectivity index (χ1v) is 9.56. The number of nitrogens with zero attached hydrogens (tertiary/aromatic N) is 1. The van der Waals surface area contributed by atoms with E-state index in [4.69, 9.17) is 0 Å². The fourth-order valence-corrected chi connectivity index (χ4v) is 2.96. The number of amides is 2. The van der Waals surface area contributed by atoms with Gasteiger partial charge in [0.1, 0.15) is 6.04 Å². The number of hydrogen-bond acceptors (Lipinski definition) is 2. The van der Waals surface area contributed by atoms with Gasteiger partial charge in [0.05, 0.1) is 6.42 Å². The molecule has 4 heteroatoms. The molecule has 27 heavy (non-hydrogen) atoms. The first kappa shape index (κ1) is 20.7. The van der Waals surface area contributed by atoms with E-state index in [9.17, 15) is 9.59 Å². The van der Waals surface area contributed by atoms with Gasteiger partial charge < -0.3 is 10.2 Å². The number of nitrogens with one attached hydrogen (secondary N) is 1. The van der Waals surface area contributed by atoms with E-state index in [0.717, 1.165) is 23.1 Å². The Labute approximate surface area is 162 Å². The Morgan fingerprint density at radius 2 is 1.56 bits per heavy atom. The average Bonchev–Trinajstić information content (AvgIpc) is 2.64. The van der Waals surface area contributed by atoms with Crippen molar-refractivity contribution in [1.29, 1.82) is 0 Å². The summed E-state index contributed by atoms with van der Waals surface area (Å²) in [6.45, 7) is 8.19. The summed E-state index contributed by atoms with van der Waals surface area (Å²) in [6, 6.07) is 17.5. The molecule has 0 aromatic heterocycles. The standard InChI is InChI=1S/C23H30N2O2/c1-17(2)24-23(27)19(4)25(15-14-20-8-6-5-7-9-20)22(26)16-21-12-10-18(3)11-13-21/h5-13,17,19H,14-16H2,1-4H3,(H,24,27). The molecule has 0 saturated carbocycles. The van der Waals surface area contributed by atoms with Crippen LogP contribution < -0.4 is 5.32 Å². The lowest BCUT2D eigenvalue weighted by atomic mass is 10.1. The molecule has 2 aromatic carbocycles. The van der Waals surface area contributed by atoms with Crippen LogP contribution >= 0.6 is 0 Å². The van der Waals surface area contributed by atoms with Crippen molar-refractivity contribution in [2.45, 2.75) is 52.6 Å². The summed E-state index contributed by atoms with van der Waals surface area (Å²) in [4.78, 5) is 27.2. The lowest BCUT2D eigenvalue weighted by Gasteiger charge is -2.29. The Hall–Kier alpha value is -2.62. The molecule has 2 amide bonds. The van der Waals surface area contributed by atoms with E-state index in [2.05, 4.69) is 5.32 Å². The molecular weight excluding hydrogens is 336 g/mol. The SMILES string of the molecule is Cc1ccc(CC(=O)N(CCc2ccccc2)C(C)C(=O)NC(C)C)cc1. The van der Waals surface area contributed by atoms with E-state index in [0.29, 0.717) is 13.0 Å². The highest BCUT2D eigenvalue weighted by Crippen LogP contribution is 2.11. The summed E-state index contributed by atoms with van der Waals surface area (Å²) in [6.07, 6.45) is 1.02. The van der Waals surface area contributed by atoms with Crippen molar-refractivity contribution < 1.29 is 9.59 Å². The largest absolute Gasteiger partial charge is 0.352 e. The minimum Gasteiger partial charge on any atom is -0.352 e. The topological polar surface area (TPSA) is 49.4 Å². The zero-order chi connectivity index (χ0) is 19.8. The summed E-state index contributed by atoms with van der Waals surface area (Å²) in [7, 11) is 0. The second-order valence-electron chi connectivity index (χ2n) is 7.32. The van der Waals surface area contributed by atoms with Crippen LogP contribution in [0.25, 0.3) is 0 Å². The van der Waals surface area contributed by atoms with Crippen molar-refractivity contribution in [3.05, 3.63) is 71.3 Å². The highest BCUT2D eigenvalue weighted by Gasteiger charge is 2.26. The Bertz CT molecular complexity index is 739. The monoisotopic (exact) mass is 366 g/mol. The van der Waals surface area contributed by atoms with Gasteiger partial charge in [-0.1, -0.05) is 60.2 Å². The van der Waals surface area contributed by atoms with E-state index in [1.807, 2.05) is 75.4 Å². The molecule has 2 aromatic rings. The summed E-state index contributed by atoms with van der Waals surface area (Å²) in [5.41, 5.74) is 3.28. The van der Waals surface area contributed by atoms with Gasteiger partial charge in [0.25, 0.3) is 0 Å². The lowest BCUT2D eigenvalue weighted by molar-refractivity contribution is -0.139. The first-order valence-electron chi connectivity index (χ1n) is 9.56. The van der Waals surface area contributed by atoms with Crippen molar-refractivity contribution in [2.24, 2.45) is 0 Å². The molecule has 0 bridgehead atoms. The molecule has 0 aliphatic carbocycles. The van der Waals surface area contributed by atoms with Gasteiger partial charge in [0.15, 0.2) is 0 Å². The molecule has 144 valence electrons. The average molecular weight is 367 g/mol. The molecule has 0 aliphatic heterocycles. The van der Waals surface area contributed by atoms with Crippen LogP contribution in [0, 0.1) is 6.92 Å². The molecule has 0 saturated heterocycles. The molecule has 0 fully saturated rings. The van der Waals surface area contributed by atoms with E-state index < -0.39 is 6.04 Å². The van der Waals surface area contributed by atoms with Crippen LogP contribution in [0.15, 0.2) is 54.6 Å². The third-order valence-electron chi connectivity index (χ3n) is 4.56. The van der Waals surface area contributed by atoms with Gasteiger partial charge in [0, 0.05) is 12.6 Å². The second-order valence-corrected chi connectivity index (χ2v) is 7.32. The molecule has 0 spiro atoms. The van der Waals surface area contributed by atoms with Crippen molar-refractivity contribution in [3.63, 3.8) is 0 Å². The third-order valence-corrected chi connectivity index (χ3v) is 4.56. The maximum Gasteiger partial charge on any atom is 0.242 e. The van der Waals surface area contributed by atoms with Gasteiger partial charge in [-0.25, -0.2) is 0 Å². The quantitative estimate of drug-likeness (QED) is 0.777. The number of carbonyl (C=O) groups is 2. The Morgan fingerprint density at radius 1 is 0.926 bits per heavy atom. The maximum atomic E-state index is 13.0. The van der Waals surface area contributed by atoms with E-state index >= 15 is 0 Å². The molecule has 2 rings (SSSR count). The molecule has 1 N–H and O–H groups in total. The highest BCUT2D eigenvalue weighted by atomic mass is 16.2. The lowest BCUT2D eigenvalue weighted by Crippen LogP contribution is -2.50. The van der Waals surface area contributed by atoms with E-state index in [1.54, 1.807) is 11.8 Å². The van der Waals surface area contributed by atoms with E-state index in [1.165, 1.54) is 0 Å². The number of benzene rings is 2. The van der Waals surface area contributed by atoms with Crippen molar-refractivity contribution >= 4 is 11.8 Å². The van der Waals surface area contributed by atoms with Crippen LogP contribution in [0.5, 0.6) is 0 Å². The Kier molecular flexibility index (Phi) is 7.59. The molecule has 0 heterocycles. The molecule has 1 unspecified atom stereocenters. The van der Waals surface area contributed by atoms with Gasteiger partial charge in [-0.2, -0.15) is 0 Å². The molecule has 4 nitrogen and oxygen atoms in total. The van der Waals surface area contributed by atoms with Crippen molar-refractivity contribution in [3.8, 4) is 0 Å². The molecule has 1 atom stereocenters. The van der Waals surface area contributed by atoms with Gasteiger partial charge in [-0.15, -0.1) is 0 Å². The van der Waals surface area contributed by atoms with Crippen molar-refractivity contribution in [2.75, 3.05) is 6.54 Å². The van der Waals surface area contributed by atoms with Crippen LogP contribution in [-0.4, -0.2) is 35.3 Å². The Morgan fingerprint density at radius 3 is 2.15 bits per heavy atom. The van der Waals surface area contributed by atoms with Gasteiger partial charge >= 0.3 is 0 Å². The normalized spacial score (nSPS) is 11.9. The minimum absolute atomic E-state index is 0.0267. The fraction of sp³-hybridized carbons (Fsp3) is 0.391. The second kappa shape index (κ2) is 9.91. The fourth-order valence-electron chi connectivity index (χ4n) is 2.96. The van der Waals surface area contributed by atoms with Gasteiger partial charge in [0.2, 0.25) is 11.8 Å². The molecule has 0 radical (unpaired) electrons. The number of aryl methyl sites for hydroxylation is 1. The highest BCUT2D eigenvalue weighted by molar-refractivity contribution is 5.88. The summed E-state index contributed by atoms with van der Waals surface area (Å²) in [5, 5.41) is 2.91. The Balaban J connectivity index is 2.12. The van der Waals surface area contributed by atoms with Crippen LogP contribution in [0.2, 0.25) is 0 Å². The van der Waals surface area contributed by atoms with Gasteiger partial charge in [-0.05, 0) is 45.2 Å². The van der Waals surface area contributed by atoms with Crippen LogP contribution in [0.4, 0.5) is 0 Å². The number of rotatable bonds is 8. The zero-order valence-electron chi connectivity index (χ0n) is 16.7. The summed E-state index contributed by atoms with van der Waals surface area (Å²) in [5.74, 6) is -0.142. The van der Waals surface area contributed by atoms with Gasteiger partial charge in [-0.3, -0.25) is 9.59 Å². The smallest absolute Gasteiger partial charge is 0.242 e. The van der Waals surface area contributed by atoms with Crippen LogP contribution in [-0.2, 0) is 22.4 Å². The third kappa shape index (κ3) is 6.55. The number of carbonyl (C=O) groups excluding carboxylic acids is 2. The minimum atomic E-state index is -0.505. The van der Waals surface area contributed by atoms with E-state index in [-0.39, 0.29) is 17.9 Å². The number of hydrogen-bond donors (Lipinski definition) is 1. The molecule has 0 aliphatic rings. The van der Waals surface area contributed by atoms with Crippen molar-refractivity contribution in [1.82, 2.24) is 10.2 Å². The van der Waals surface area contributed by atoms with Crippen LogP contribution in [0.1, 0.15) is 37.5 Å². The summed E-state index contributed by atoms with van der Waals surface area (Å²) < 4.78 is 0. The predicted octanol–water partition coefficient (Wildman–Crippen LogP) is 3.52.